The van der Waals surface area contributed by atoms with E-state index in [9.17, 15) is 4.79 Å². The Balaban J connectivity index is 2.16. The Morgan fingerprint density at radius 2 is 2.00 bits per heavy atom. The second kappa shape index (κ2) is 5.20. The Morgan fingerprint density at radius 3 is 2.61 bits per heavy atom. The maximum atomic E-state index is 11.8. The molecule has 2 rings (SSSR count). The molecule has 0 aliphatic heterocycles. The lowest BCUT2D eigenvalue weighted by Crippen LogP contribution is -2.13. The molecule has 0 aromatic carbocycles. The number of carbonyl (C=O) groups excluding carboxylic acids is 1. The molecule has 18 heavy (non-hydrogen) atoms. The van der Waals surface area contributed by atoms with Crippen LogP contribution in [0.1, 0.15) is 10.4 Å². The molecule has 0 spiro atoms. The predicted molar refractivity (Wildman–Crippen MR) is 70.9 cm³/mol. The van der Waals surface area contributed by atoms with E-state index in [0.29, 0.717) is 16.4 Å². The number of nitrogens with one attached hydrogen (secondary N) is 1. The first kappa shape index (κ1) is 12.6. The van der Waals surface area contributed by atoms with E-state index in [2.05, 4.69) is 15.3 Å². The summed E-state index contributed by atoms with van der Waals surface area (Å²) in [5.74, 6) is 0.189. The van der Waals surface area contributed by atoms with E-state index < -0.39 is 0 Å². The molecule has 3 N–H and O–H groups in total. The molecule has 0 saturated heterocycles. The van der Waals surface area contributed by atoms with E-state index in [0.717, 1.165) is 0 Å². The van der Waals surface area contributed by atoms with E-state index in [1.54, 1.807) is 12.1 Å². The van der Waals surface area contributed by atoms with Crippen molar-refractivity contribution in [3.05, 3.63) is 46.2 Å². The van der Waals surface area contributed by atoms with Gasteiger partial charge in [0.05, 0.1) is 15.6 Å². The summed E-state index contributed by atoms with van der Waals surface area (Å²) in [5, 5.41) is 3.30. The van der Waals surface area contributed by atoms with Crippen LogP contribution >= 0.6 is 23.2 Å². The lowest BCUT2D eigenvalue weighted by atomic mass is 10.2. The van der Waals surface area contributed by atoms with E-state index in [-0.39, 0.29) is 16.7 Å². The first-order chi connectivity index (χ1) is 8.56. The highest BCUT2D eigenvalue weighted by atomic mass is 35.5. The summed E-state index contributed by atoms with van der Waals surface area (Å²) in [7, 11) is 0. The van der Waals surface area contributed by atoms with Gasteiger partial charge in [-0.2, -0.15) is 0 Å². The molecular formula is C11H8Cl2N4O. The average molecular weight is 283 g/mol. The minimum absolute atomic E-state index is 0.179. The smallest absolute Gasteiger partial charge is 0.258 e. The van der Waals surface area contributed by atoms with Crippen LogP contribution in [0.2, 0.25) is 10.0 Å². The van der Waals surface area contributed by atoms with Crippen molar-refractivity contribution in [2.24, 2.45) is 0 Å². The van der Waals surface area contributed by atoms with Crippen LogP contribution in [0.5, 0.6) is 0 Å². The van der Waals surface area contributed by atoms with E-state index >= 15 is 0 Å². The van der Waals surface area contributed by atoms with Gasteiger partial charge in [-0.05, 0) is 18.2 Å². The number of nitrogens with two attached hydrogens (primary N) is 1. The van der Waals surface area contributed by atoms with Crippen LogP contribution in [0.3, 0.4) is 0 Å². The lowest BCUT2D eigenvalue weighted by Gasteiger charge is -2.05. The van der Waals surface area contributed by atoms with Crippen LogP contribution in [0.15, 0.2) is 30.6 Å². The van der Waals surface area contributed by atoms with Gasteiger partial charge >= 0.3 is 0 Å². The number of amides is 1. The number of nitrogens with zero attached hydrogens (tertiary/aromatic N) is 2. The molecule has 0 unspecified atom stereocenters. The van der Waals surface area contributed by atoms with Crippen LogP contribution in [0.25, 0.3) is 0 Å². The summed E-state index contributed by atoms with van der Waals surface area (Å²) in [4.78, 5) is 19.6. The Bertz CT molecular complexity index is 586. The van der Waals surface area contributed by atoms with Crippen LogP contribution in [0.4, 0.5) is 11.6 Å². The minimum Gasteiger partial charge on any atom is -0.382 e. The SMILES string of the molecule is Nc1ncc(C(=O)Nc2ccc(Cl)cn2)cc1Cl. The highest BCUT2D eigenvalue weighted by Gasteiger charge is 2.09. The summed E-state index contributed by atoms with van der Waals surface area (Å²) in [6.07, 6.45) is 2.78. The number of halogens is 2. The third kappa shape index (κ3) is 2.88. The van der Waals surface area contributed by atoms with Gasteiger partial charge in [0.2, 0.25) is 0 Å². The molecule has 92 valence electrons. The summed E-state index contributed by atoms with van der Waals surface area (Å²) >= 11 is 11.5. The van der Waals surface area contributed by atoms with Crippen LogP contribution in [-0.4, -0.2) is 15.9 Å². The number of aromatic nitrogens is 2. The van der Waals surface area contributed by atoms with Gasteiger partial charge in [0, 0.05) is 12.4 Å². The fourth-order valence-electron chi connectivity index (χ4n) is 1.21. The molecule has 0 aliphatic carbocycles. The number of hydrogen-bond acceptors (Lipinski definition) is 4. The predicted octanol–water partition coefficient (Wildman–Crippen LogP) is 2.62. The lowest BCUT2D eigenvalue weighted by molar-refractivity contribution is 0.102. The van der Waals surface area contributed by atoms with Crippen molar-refractivity contribution in [2.45, 2.75) is 0 Å². The first-order valence-electron chi connectivity index (χ1n) is 4.90. The zero-order valence-corrected chi connectivity index (χ0v) is 10.5. The molecule has 2 aromatic heterocycles. The molecule has 0 saturated carbocycles. The van der Waals surface area contributed by atoms with Gasteiger partial charge in [0.1, 0.15) is 11.6 Å². The standard InChI is InChI=1S/C11H8Cl2N4O/c12-7-1-2-9(15-5-7)17-11(18)6-3-8(13)10(14)16-4-6/h1-5H,(H2,14,16)(H,15,17,18). The second-order valence-corrected chi connectivity index (χ2v) is 4.25. The highest BCUT2D eigenvalue weighted by Crippen LogP contribution is 2.17. The first-order valence-corrected chi connectivity index (χ1v) is 5.66. The van der Waals surface area contributed by atoms with Crippen molar-refractivity contribution in [3.63, 3.8) is 0 Å². The Morgan fingerprint density at radius 1 is 1.22 bits per heavy atom. The van der Waals surface area contributed by atoms with Gasteiger partial charge in [-0.15, -0.1) is 0 Å². The number of pyridine rings is 2. The highest BCUT2D eigenvalue weighted by molar-refractivity contribution is 6.33. The minimum atomic E-state index is -0.376. The number of rotatable bonds is 2. The molecule has 0 bridgehead atoms. The van der Waals surface area contributed by atoms with Gasteiger partial charge in [-0.3, -0.25) is 4.79 Å². The molecule has 7 heteroatoms. The zero-order chi connectivity index (χ0) is 13.1. The maximum Gasteiger partial charge on any atom is 0.258 e. The molecule has 0 fully saturated rings. The third-order valence-corrected chi connectivity index (χ3v) is 2.63. The molecule has 1 amide bonds. The molecule has 0 aliphatic rings. The Kier molecular flexibility index (Phi) is 3.64. The van der Waals surface area contributed by atoms with Crippen molar-refractivity contribution >= 4 is 40.7 Å². The summed E-state index contributed by atoms with van der Waals surface area (Å²) in [5.41, 5.74) is 5.75. The number of hydrogen-bond donors (Lipinski definition) is 2. The van der Waals surface area contributed by atoms with E-state index in [1.165, 1.54) is 18.5 Å². The van der Waals surface area contributed by atoms with Crippen LogP contribution in [-0.2, 0) is 0 Å². The van der Waals surface area contributed by atoms with Crippen LogP contribution < -0.4 is 11.1 Å². The topological polar surface area (TPSA) is 80.9 Å². The largest absolute Gasteiger partial charge is 0.382 e. The van der Waals surface area contributed by atoms with Gasteiger partial charge in [-0.1, -0.05) is 23.2 Å². The molecule has 2 heterocycles. The molecular weight excluding hydrogens is 275 g/mol. The van der Waals surface area contributed by atoms with Gasteiger partial charge in [0.25, 0.3) is 5.91 Å². The fourth-order valence-corrected chi connectivity index (χ4v) is 1.49. The number of carbonyl (C=O) groups is 1. The number of nitrogen functional groups attached to an aromatic ring is 1. The summed E-state index contributed by atoms with van der Waals surface area (Å²) in [6.45, 7) is 0. The molecule has 2 aromatic rings. The van der Waals surface area contributed by atoms with E-state index in [1.807, 2.05) is 0 Å². The van der Waals surface area contributed by atoms with Crippen molar-refractivity contribution in [3.8, 4) is 0 Å². The van der Waals surface area contributed by atoms with Crippen molar-refractivity contribution in [1.29, 1.82) is 0 Å². The Labute approximate surface area is 113 Å². The maximum absolute atomic E-state index is 11.8. The molecule has 5 nitrogen and oxygen atoms in total. The molecule has 0 atom stereocenters. The zero-order valence-electron chi connectivity index (χ0n) is 9.02. The van der Waals surface area contributed by atoms with Crippen molar-refractivity contribution < 1.29 is 4.79 Å². The van der Waals surface area contributed by atoms with Crippen molar-refractivity contribution in [2.75, 3.05) is 11.1 Å². The third-order valence-electron chi connectivity index (χ3n) is 2.10. The van der Waals surface area contributed by atoms with E-state index in [4.69, 9.17) is 28.9 Å². The molecule has 0 radical (unpaired) electrons. The van der Waals surface area contributed by atoms with Crippen molar-refractivity contribution in [1.82, 2.24) is 9.97 Å². The summed E-state index contributed by atoms with van der Waals surface area (Å²) in [6, 6.07) is 4.65. The monoisotopic (exact) mass is 282 g/mol. The van der Waals surface area contributed by atoms with Crippen LogP contribution in [0, 0.1) is 0 Å². The van der Waals surface area contributed by atoms with Gasteiger partial charge in [-0.25, -0.2) is 9.97 Å². The van der Waals surface area contributed by atoms with Gasteiger partial charge < -0.3 is 11.1 Å². The number of anilines is 2. The van der Waals surface area contributed by atoms with Gasteiger partial charge in [0.15, 0.2) is 0 Å². The Hall–Kier alpha value is -1.85. The summed E-state index contributed by atoms with van der Waals surface area (Å²) < 4.78 is 0. The second-order valence-electron chi connectivity index (χ2n) is 3.41. The average Bonchev–Trinajstić information content (AvgIpc) is 2.35. The normalized spacial score (nSPS) is 10.1. The quantitative estimate of drug-likeness (QED) is 0.887. The fraction of sp³-hybridized carbons (Fsp3) is 0.